The first kappa shape index (κ1) is 12.7. The molecule has 106 valence electrons. The largest absolute Gasteiger partial charge is 0.333 e. The Balaban J connectivity index is 1.81. The molecule has 0 aliphatic rings. The predicted octanol–water partition coefficient (Wildman–Crippen LogP) is 3.70. The number of aryl methyl sites for hydroxylation is 1. The molecule has 2 aromatic carbocycles. The average Bonchev–Trinajstić information content (AvgIpc) is 3.01. The fraction of sp³-hybridized carbons (Fsp3) is 0.0556. The number of imidazole rings is 1. The lowest BCUT2D eigenvalue weighted by Crippen LogP contribution is -1.96. The van der Waals surface area contributed by atoms with Gasteiger partial charge in [-0.3, -0.25) is 0 Å². The Bertz CT molecular complexity index is 933. The van der Waals surface area contributed by atoms with Gasteiger partial charge in [0, 0.05) is 25.0 Å². The van der Waals surface area contributed by atoms with Crippen molar-refractivity contribution in [2.24, 2.45) is 7.05 Å². The monoisotopic (exact) mass is 286 g/mol. The van der Waals surface area contributed by atoms with Crippen molar-refractivity contribution in [1.82, 2.24) is 19.7 Å². The van der Waals surface area contributed by atoms with E-state index in [0.717, 1.165) is 22.8 Å². The zero-order valence-electron chi connectivity index (χ0n) is 12.1. The molecule has 0 aliphatic heterocycles. The van der Waals surface area contributed by atoms with Gasteiger partial charge in [-0.2, -0.15) is 0 Å². The molecular weight excluding hydrogens is 272 g/mol. The summed E-state index contributed by atoms with van der Waals surface area (Å²) < 4.78 is 1.93. The van der Waals surface area contributed by atoms with Gasteiger partial charge in [0.1, 0.15) is 5.69 Å². The van der Waals surface area contributed by atoms with E-state index < -0.39 is 0 Å². The molecule has 4 heteroatoms. The second-order valence-electron chi connectivity index (χ2n) is 5.19. The van der Waals surface area contributed by atoms with Crippen molar-refractivity contribution < 1.29 is 0 Å². The molecule has 0 aliphatic carbocycles. The van der Waals surface area contributed by atoms with E-state index in [2.05, 4.69) is 39.4 Å². The molecule has 22 heavy (non-hydrogen) atoms. The van der Waals surface area contributed by atoms with Crippen molar-refractivity contribution >= 4 is 10.8 Å². The fourth-order valence-corrected chi connectivity index (χ4v) is 2.66. The number of benzene rings is 2. The Labute approximate surface area is 128 Å². The zero-order chi connectivity index (χ0) is 14.9. The Morgan fingerprint density at radius 1 is 0.818 bits per heavy atom. The summed E-state index contributed by atoms with van der Waals surface area (Å²) in [6, 6.07) is 18.5. The Morgan fingerprint density at radius 2 is 1.59 bits per heavy atom. The first-order valence-electron chi connectivity index (χ1n) is 7.12. The SMILES string of the molecule is Cn1ccnc1-c1ccc(-c2cccc3ccccc23)nn1. The van der Waals surface area contributed by atoms with E-state index in [4.69, 9.17) is 0 Å². The van der Waals surface area contributed by atoms with Gasteiger partial charge in [-0.25, -0.2) is 4.98 Å². The molecule has 4 aromatic rings. The predicted molar refractivity (Wildman–Crippen MR) is 87.2 cm³/mol. The molecule has 4 nitrogen and oxygen atoms in total. The van der Waals surface area contributed by atoms with Gasteiger partial charge in [0.15, 0.2) is 5.82 Å². The maximum atomic E-state index is 4.39. The van der Waals surface area contributed by atoms with Crippen LogP contribution in [0, 0.1) is 0 Å². The maximum Gasteiger partial charge on any atom is 0.160 e. The van der Waals surface area contributed by atoms with Gasteiger partial charge in [-0.05, 0) is 22.9 Å². The van der Waals surface area contributed by atoms with Crippen LogP contribution < -0.4 is 0 Å². The third-order valence-electron chi connectivity index (χ3n) is 3.78. The highest BCUT2D eigenvalue weighted by atomic mass is 15.1. The molecule has 2 heterocycles. The number of rotatable bonds is 2. The first-order chi connectivity index (χ1) is 10.8. The highest BCUT2D eigenvalue weighted by molar-refractivity contribution is 5.95. The van der Waals surface area contributed by atoms with E-state index in [9.17, 15) is 0 Å². The molecule has 0 amide bonds. The van der Waals surface area contributed by atoms with E-state index in [0.29, 0.717) is 0 Å². The van der Waals surface area contributed by atoms with E-state index in [-0.39, 0.29) is 0 Å². The third-order valence-corrected chi connectivity index (χ3v) is 3.78. The second-order valence-corrected chi connectivity index (χ2v) is 5.19. The van der Waals surface area contributed by atoms with E-state index in [1.54, 1.807) is 6.20 Å². The highest BCUT2D eigenvalue weighted by Gasteiger charge is 2.08. The molecule has 2 aromatic heterocycles. The molecule has 0 saturated heterocycles. The minimum atomic E-state index is 0.775. The minimum Gasteiger partial charge on any atom is -0.333 e. The van der Waals surface area contributed by atoms with Gasteiger partial charge in [0.05, 0.1) is 5.69 Å². The summed E-state index contributed by atoms with van der Waals surface area (Å²) in [6.45, 7) is 0. The van der Waals surface area contributed by atoms with Gasteiger partial charge in [-0.1, -0.05) is 42.5 Å². The quantitative estimate of drug-likeness (QED) is 0.564. The summed E-state index contributed by atoms with van der Waals surface area (Å²) in [4.78, 5) is 4.30. The molecule has 0 spiro atoms. The number of fused-ring (bicyclic) bond motifs is 1. The van der Waals surface area contributed by atoms with Crippen LogP contribution in [0.25, 0.3) is 33.5 Å². The smallest absolute Gasteiger partial charge is 0.160 e. The van der Waals surface area contributed by atoms with E-state index >= 15 is 0 Å². The standard InChI is InChI=1S/C18H14N4/c1-22-12-11-19-18(22)17-10-9-16(20-21-17)15-8-4-6-13-5-2-3-7-14(13)15/h2-12H,1H3. The summed E-state index contributed by atoms with van der Waals surface area (Å²) in [6.07, 6.45) is 3.66. The molecule has 0 fully saturated rings. The summed E-state index contributed by atoms with van der Waals surface area (Å²) in [5, 5.41) is 11.1. The van der Waals surface area contributed by atoms with Gasteiger partial charge in [0.25, 0.3) is 0 Å². The average molecular weight is 286 g/mol. The number of hydrogen-bond acceptors (Lipinski definition) is 3. The van der Waals surface area contributed by atoms with Crippen LogP contribution in [0.3, 0.4) is 0 Å². The third kappa shape index (κ3) is 2.05. The summed E-state index contributed by atoms with van der Waals surface area (Å²) >= 11 is 0. The topological polar surface area (TPSA) is 43.6 Å². The van der Waals surface area contributed by atoms with Crippen LogP contribution >= 0.6 is 0 Å². The molecule has 4 rings (SSSR count). The van der Waals surface area contributed by atoms with Crippen molar-refractivity contribution in [2.75, 3.05) is 0 Å². The van der Waals surface area contributed by atoms with Gasteiger partial charge < -0.3 is 4.57 Å². The van der Waals surface area contributed by atoms with Crippen molar-refractivity contribution in [3.8, 4) is 22.8 Å². The molecule has 0 saturated carbocycles. The molecule has 0 bridgehead atoms. The number of hydrogen-bond donors (Lipinski definition) is 0. The Kier molecular flexibility index (Phi) is 2.93. The van der Waals surface area contributed by atoms with Crippen molar-refractivity contribution in [1.29, 1.82) is 0 Å². The van der Waals surface area contributed by atoms with E-state index in [1.807, 2.05) is 48.1 Å². The lowest BCUT2D eigenvalue weighted by atomic mass is 10.0. The van der Waals surface area contributed by atoms with Crippen molar-refractivity contribution in [2.45, 2.75) is 0 Å². The maximum absolute atomic E-state index is 4.39. The normalized spacial score (nSPS) is 11.0. The first-order valence-corrected chi connectivity index (χ1v) is 7.12. The van der Waals surface area contributed by atoms with Crippen LogP contribution in [-0.2, 0) is 7.05 Å². The van der Waals surface area contributed by atoms with Crippen LogP contribution in [0.5, 0.6) is 0 Å². The molecule has 0 N–H and O–H groups in total. The molecule has 0 radical (unpaired) electrons. The lowest BCUT2D eigenvalue weighted by Gasteiger charge is -2.06. The molecule has 0 unspecified atom stereocenters. The van der Waals surface area contributed by atoms with Crippen LogP contribution in [0.2, 0.25) is 0 Å². The second kappa shape index (κ2) is 5.07. The van der Waals surface area contributed by atoms with Gasteiger partial charge >= 0.3 is 0 Å². The molecular formula is C18H14N4. The molecule has 0 atom stereocenters. The van der Waals surface area contributed by atoms with E-state index in [1.165, 1.54) is 10.8 Å². The van der Waals surface area contributed by atoms with Gasteiger partial charge in [0.2, 0.25) is 0 Å². The number of nitrogens with zero attached hydrogens (tertiary/aromatic N) is 4. The Morgan fingerprint density at radius 3 is 2.36 bits per heavy atom. The Hall–Kier alpha value is -3.01. The van der Waals surface area contributed by atoms with Crippen LogP contribution in [-0.4, -0.2) is 19.7 Å². The van der Waals surface area contributed by atoms with Crippen LogP contribution in [0.15, 0.2) is 67.0 Å². The lowest BCUT2D eigenvalue weighted by molar-refractivity contribution is 0.905. The minimum absolute atomic E-state index is 0.775. The fourth-order valence-electron chi connectivity index (χ4n) is 2.66. The summed E-state index contributed by atoms with van der Waals surface area (Å²) in [5.41, 5.74) is 2.74. The zero-order valence-corrected chi connectivity index (χ0v) is 12.1. The summed E-state index contributed by atoms with van der Waals surface area (Å²) in [5.74, 6) is 0.817. The number of aromatic nitrogens is 4. The summed E-state index contributed by atoms with van der Waals surface area (Å²) in [7, 11) is 1.95. The van der Waals surface area contributed by atoms with Crippen molar-refractivity contribution in [3.05, 3.63) is 67.0 Å². The van der Waals surface area contributed by atoms with Gasteiger partial charge in [-0.15, -0.1) is 10.2 Å². The van der Waals surface area contributed by atoms with Crippen LogP contribution in [0.4, 0.5) is 0 Å². The van der Waals surface area contributed by atoms with Crippen LogP contribution in [0.1, 0.15) is 0 Å². The highest BCUT2D eigenvalue weighted by Crippen LogP contribution is 2.27. The van der Waals surface area contributed by atoms with Crippen molar-refractivity contribution in [3.63, 3.8) is 0 Å².